The predicted octanol–water partition coefficient (Wildman–Crippen LogP) is 3.45. The fraction of sp³-hybridized carbons (Fsp3) is 0.125. The number of rotatable bonds is 3. The molecule has 112 valence electrons. The highest BCUT2D eigenvalue weighted by Crippen LogP contribution is 2.34. The first kappa shape index (κ1) is 14.3. The van der Waals surface area contributed by atoms with Crippen molar-refractivity contribution in [2.75, 3.05) is 18.2 Å². The highest BCUT2D eigenvalue weighted by Gasteiger charge is 2.12. The zero-order valence-corrected chi connectivity index (χ0v) is 13.0. The van der Waals surface area contributed by atoms with Crippen molar-refractivity contribution in [3.05, 3.63) is 47.5 Å². The van der Waals surface area contributed by atoms with Gasteiger partial charge in [0.25, 0.3) is 5.91 Å². The number of carbonyl (C=O) groups excluding carboxylic acids is 1. The van der Waals surface area contributed by atoms with Gasteiger partial charge in [-0.1, -0.05) is 29.0 Å². The summed E-state index contributed by atoms with van der Waals surface area (Å²) in [7, 11) is 1.57. The predicted molar refractivity (Wildman–Crippen MR) is 89.7 cm³/mol. The number of nitrogen functional groups attached to an aromatic ring is 1. The Morgan fingerprint density at radius 1 is 1.27 bits per heavy atom. The number of fused-ring (bicyclic) bond motifs is 1. The Labute approximate surface area is 131 Å². The van der Waals surface area contributed by atoms with Crippen molar-refractivity contribution in [1.29, 1.82) is 0 Å². The van der Waals surface area contributed by atoms with E-state index in [9.17, 15) is 4.79 Å². The number of amides is 1. The summed E-state index contributed by atoms with van der Waals surface area (Å²) in [4.78, 5) is 16.5. The Morgan fingerprint density at radius 3 is 2.68 bits per heavy atom. The minimum Gasteiger partial charge on any atom is -0.494 e. The number of aromatic nitrogens is 1. The molecule has 6 heteroatoms. The molecule has 0 saturated heterocycles. The lowest BCUT2D eigenvalue weighted by Crippen LogP contribution is -2.11. The van der Waals surface area contributed by atoms with Crippen molar-refractivity contribution in [3.8, 4) is 5.75 Å². The summed E-state index contributed by atoms with van der Waals surface area (Å²) in [5, 5.41) is 3.34. The van der Waals surface area contributed by atoms with Gasteiger partial charge in [-0.3, -0.25) is 4.79 Å². The summed E-state index contributed by atoms with van der Waals surface area (Å²) in [5.74, 6) is 0.420. The summed E-state index contributed by atoms with van der Waals surface area (Å²) in [6.07, 6.45) is 0. The lowest BCUT2D eigenvalue weighted by Gasteiger charge is -2.08. The molecule has 22 heavy (non-hydrogen) atoms. The van der Waals surface area contributed by atoms with Crippen molar-refractivity contribution in [2.24, 2.45) is 0 Å². The number of thiazole rings is 1. The van der Waals surface area contributed by atoms with E-state index < -0.39 is 0 Å². The van der Waals surface area contributed by atoms with E-state index >= 15 is 0 Å². The molecule has 1 heterocycles. The number of benzene rings is 2. The molecule has 0 aliphatic rings. The van der Waals surface area contributed by atoms with E-state index in [-0.39, 0.29) is 5.91 Å². The highest BCUT2D eigenvalue weighted by molar-refractivity contribution is 7.22. The number of hydrogen-bond acceptors (Lipinski definition) is 5. The molecule has 0 radical (unpaired) electrons. The Bertz CT molecular complexity index is 840. The first-order chi connectivity index (χ1) is 10.6. The molecule has 1 amide bonds. The van der Waals surface area contributed by atoms with Crippen molar-refractivity contribution >= 4 is 38.3 Å². The quantitative estimate of drug-likeness (QED) is 0.776. The van der Waals surface area contributed by atoms with Gasteiger partial charge in [0.1, 0.15) is 11.3 Å². The zero-order chi connectivity index (χ0) is 15.7. The number of methoxy groups -OCH3 is 1. The molecule has 0 spiro atoms. The smallest absolute Gasteiger partial charge is 0.255 e. The van der Waals surface area contributed by atoms with E-state index in [2.05, 4.69) is 10.3 Å². The third-order valence-electron chi connectivity index (χ3n) is 3.27. The number of nitrogens with one attached hydrogen (secondary N) is 1. The van der Waals surface area contributed by atoms with Crippen LogP contribution in [0, 0.1) is 6.92 Å². The van der Waals surface area contributed by atoms with Gasteiger partial charge in [0.15, 0.2) is 5.13 Å². The zero-order valence-electron chi connectivity index (χ0n) is 12.2. The van der Waals surface area contributed by atoms with Crippen LogP contribution < -0.4 is 15.8 Å². The van der Waals surface area contributed by atoms with Crippen LogP contribution in [0.25, 0.3) is 10.2 Å². The molecule has 0 aliphatic carbocycles. The molecule has 0 bridgehead atoms. The maximum absolute atomic E-state index is 12.3. The van der Waals surface area contributed by atoms with Gasteiger partial charge < -0.3 is 15.8 Å². The molecule has 0 unspecified atom stereocenters. The molecule has 3 N–H and O–H groups in total. The van der Waals surface area contributed by atoms with Crippen LogP contribution in [0.1, 0.15) is 15.9 Å². The Morgan fingerprint density at radius 2 is 2.00 bits per heavy atom. The van der Waals surface area contributed by atoms with Crippen LogP contribution in [-0.4, -0.2) is 18.0 Å². The van der Waals surface area contributed by atoms with E-state index in [1.807, 2.05) is 25.1 Å². The van der Waals surface area contributed by atoms with Crippen LogP contribution in [0.3, 0.4) is 0 Å². The fourth-order valence-electron chi connectivity index (χ4n) is 2.15. The van der Waals surface area contributed by atoms with Gasteiger partial charge in [0.05, 0.1) is 11.8 Å². The summed E-state index contributed by atoms with van der Waals surface area (Å²) < 4.78 is 6.19. The molecule has 5 nitrogen and oxygen atoms in total. The number of anilines is 2. The number of hydrogen-bond donors (Lipinski definition) is 2. The molecule has 0 saturated carbocycles. The Kier molecular flexibility index (Phi) is 3.68. The minimum absolute atomic E-state index is 0.168. The standard InChI is InChI=1S/C16H15N3O2S/c1-9-3-5-10(6-4-9)15(20)18-11-7-12(21-2)14-13(8-11)22-16(17)19-14/h3-8H,1-2H3,(H2,17,19)(H,18,20). The van der Waals surface area contributed by atoms with E-state index in [1.54, 1.807) is 25.3 Å². The number of nitrogens with zero attached hydrogens (tertiary/aromatic N) is 1. The SMILES string of the molecule is COc1cc(NC(=O)c2ccc(C)cc2)cc2sc(N)nc12. The third kappa shape index (κ3) is 2.73. The second kappa shape index (κ2) is 5.65. The fourth-order valence-corrected chi connectivity index (χ4v) is 2.94. The second-order valence-electron chi connectivity index (χ2n) is 4.90. The lowest BCUT2D eigenvalue weighted by molar-refractivity contribution is 0.102. The number of ether oxygens (including phenoxy) is 1. The summed E-state index contributed by atoms with van der Waals surface area (Å²) in [5.41, 5.74) is 8.81. The summed E-state index contributed by atoms with van der Waals surface area (Å²) >= 11 is 1.36. The Balaban J connectivity index is 1.93. The van der Waals surface area contributed by atoms with Gasteiger partial charge in [-0.25, -0.2) is 4.98 Å². The molecular formula is C16H15N3O2S. The van der Waals surface area contributed by atoms with Crippen molar-refractivity contribution in [1.82, 2.24) is 4.98 Å². The molecule has 0 fully saturated rings. The van der Waals surface area contributed by atoms with Gasteiger partial charge in [-0.15, -0.1) is 0 Å². The maximum atomic E-state index is 12.3. The Hall–Kier alpha value is -2.60. The number of aryl methyl sites for hydroxylation is 1. The molecule has 3 rings (SSSR count). The first-order valence-corrected chi connectivity index (χ1v) is 7.50. The molecule has 0 atom stereocenters. The average molecular weight is 313 g/mol. The van der Waals surface area contributed by atoms with E-state index in [0.717, 1.165) is 10.3 Å². The minimum atomic E-state index is -0.168. The molecule has 3 aromatic rings. The number of nitrogens with two attached hydrogens (primary N) is 1. The molecular weight excluding hydrogens is 298 g/mol. The topological polar surface area (TPSA) is 77.2 Å². The van der Waals surface area contributed by atoms with Crippen molar-refractivity contribution in [2.45, 2.75) is 6.92 Å². The van der Waals surface area contributed by atoms with Crippen molar-refractivity contribution < 1.29 is 9.53 Å². The lowest BCUT2D eigenvalue weighted by atomic mass is 10.1. The van der Waals surface area contributed by atoms with Gasteiger partial charge >= 0.3 is 0 Å². The van der Waals surface area contributed by atoms with Gasteiger partial charge in [-0.2, -0.15) is 0 Å². The molecule has 2 aromatic carbocycles. The van der Waals surface area contributed by atoms with Crippen molar-refractivity contribution in [3.63, 3.8) is 0 Å². The summed E-state index contributed by atoms with van der Waals surface area (Å²) in [6.45, 7) is 1.98. The number of carbonyl (C=O) groups is 1. The van der Waals surface area contributed by atoms with Crippen LogP contribution in [0.4, 0.5) is 10.8 Å². The largest absolute Gasteiger partial charge is 0.494 e. The normalized spacial score (nSPS) is 10.6. The second-order valence-corrected chi connectivity index (χ2v) is 5.96. The molecule has 0 aliphatic heterocycles. The van der Waals surface area contributed by atoms with Crippen LogP contribution in [0.2, 0.25) is 0 Å². The van der Waals surface area contributed by atoms with E-state index in [4.69, 9.17) is 10.5 Å². The van der Waals surface area contributed by atoms with Crippen LogP contribution in [0.15, 0.2) is 36.4 Å². The average Bonchev–Trinajstić information content (AvgIpc) is 2.87. The highest BCUT2D eigenvalue weighted by atomic mass is 32.1. The third-order valence-corrected chi connectivity index (χ3v) is 4.10. The van der Waals surface area contributed by atoms with Gasteiger partial charge in [0.2, 0.25) is 0 Å². The van der Waals surface area contributed by atoms with Crippen LogP contribution in [-0.2, 0) is 0 Å². The first-order valence-electron chi connectivity index (χ1n) is 6.69. The van der Waals surface area contributed by atoms with Gasteiger partial charge in [0, 0.05) is 17.3 Å². The summed E-state index contributed by atoms with van der Waals surface area (Å²) in [6, 6.07) is 11.0. The van der Waals surface area contributed by atoms with Gasteiger partial charge in [-0.05, 0) is 25.1 Å². The van der Waals surface area contributed by atoms with Crippen LogP contribution >= 0.6 is 11.3 Å². The monoisotopic (exact) mass is 313 g/mol. The van der Waals surface area contributed by atoms with Crippen LogP contribution in [0.5, 0.6) is 5.75 Å². The maximum Gasteiger partial charge on any atom is 0.255 e. The van der Waals surface area contributed by atoms with E-state index in [1.165, 1.54) is 11.3 Å². The molecule has 1 aromatic heterocycles. The van der Waals surface area contributed by atoms with E-state index in [0.29, 0.717) is 27.6 Å².